The first-order valence-electron chi connectivity index (χ1n) is 5.74. The molecule has 116 valence electrons. The molecule has 0 saturated heterocycles. The molecule has 1 aliphatic carbocycles. The van der Waals surface area contributed by atoms with E-state index in [0.717, 1.165) is 0 Å². The summed E-state index contributed by atoms with van der Waals surface area (Å²) in [6.07, 6.45) is -4.91. The fourth-order valence-corrected chi connectivity index (χ4v) is 2.15. The van der Waals surface area contributed by atoms with Crippen LogP contribution in [0.1, 0.15) is 6.42 Å². The third-order valence-electron chi connectivity index (χ3n) is 3.37. The molecule has 0 heterocycles. The zero-order valence-electron chi connectivity index (χ0n) is 10.6. The Kier molecular flexibility index (Phi) is 7.29. The predicted octanol–water partition coefficient (Wildman–Crippen LogP) is -4.33. The van der Waals surface area contributed by atoms with Crippen LogP contribution in [-0.2, 0) is 0 Å². The number of aliphatic hydroxyl groups is 7. The predicted molar refractivity (Wildman–Crippen MR) is 64.6 cm³/mol. The van der Waals surface area contributed by atoms with Crippen LogP contribution in [0.3, 0.4) is 0 Å². The Morgan fingerprint density at radius 2 is 1.58 bits per heavy atom. The molecule has 0 aliphatic heterocycles. The Labute approximate surface area is 110 Å². The summed E-state index contributed by atoms with van der Waals surface area (Å²) in [7, 11) is 0. The number of rotatable bonds is 5. The number of hydrogen-bond donors (Lipinski definition) is 9. The van der Waals surface area contributed by atoms with Gasteiger partial charge in [0.1, 0.15) is 17.8 Å². The minimum Gasteiger partial charge on any atom is -0.395 e. The molecule has 0 unspecified atom stereocenters. The van der Waals surface area contributed by atoms with E-state index >= 15 is 0 Å². The van der Waals surface area contributed by atoms with E-state index in [2.05, 4.69) is 5.32 Å². The van der Waals surface area contributed by atoms with Gasteiger partial charge in [0.2, 0.25) is 0 Å². The third-order valence-corrected chi connectivity index (χ3v) is 3.37. The fraction of sp³-hybridized carbons (Fsp3) is 1.00. The van der Waals surface area contributed by atoms with Crippen LogP contribution in [0.5, 0.6) is 0 Å². The topological polar surface area (TPSA) is 189 Å². The van der Waals surface area contributed by atoms with Crippen molar-refractivity contribution in [2.75, 3.05) is 19.8 Å². The van der Waals surface area contributed by atoms with Gasteiger partial charge in [-0.3, -0.25) is 0 Å². The molecule has 1 aliphatic rings. The molecular formula is C10H24N2O7. The zero-order chi connectivity index (χ0) is 13.9. The molecule has 0 amide bonds. The van der Waals surface area contributed by atoms with Crippen LogP contribution in [0.25, 0.3) is 0 Å². The van der Waals surface area contributed by atoms with E-state index in [-0.39, 0.29) is 12.6 Å². The highest BCUT2D eigenvalue weighted by Gasteiger charge is 2.51. The van der Waals surface area contributed by atoms with Gasteiger partial charge < -0.3 is 47.2 Å². The van der Waals surface area contributed by atoms with E-state index in [1.165, 1.54) is 0 Å². The van der Waals surface area contributed by atoms with Crippen molar-refractivity contribution in [3.8, 4) is 0 Å². The molecule has 1 fully saturated rings. The molecule has 0 radical (unpaired) electrons. The largest absolute Gasteiger partial charge is 0.395 e. The lowest BCUT2D eigenvalue weighted by atomic mass is 9.76. The highest BCUT2D eigenvalue weighted by Crippen LogP contribution is 2.29. The van der Waals surface area contributed by atoms with Gasteiger partial charge in [-0.15, -0.1) is 0 Å². The fourth-order valence-electron chi connectivity index (χ4n) is 2.15. The van der Waals surface area contributed by atoms with Gasteiger partial charge in [-0.25, -0.2) is 0 Å². The normalized spacial score (nSPS) is 39.2. The van der Waals surface area contributed by atoms with E-state index in [1.807, 2.05) is 0 Å². The van der Waals surface area contributed by atoms with Crippen LogP contribution in [0.15, 0.2) is 0 Å². The highest BCUT2D eigenvalue weighted by molar-refractivity contribution is 5.05. The standard InChI is InChI=1S/C10H21NO7.H3N/c12-2-5(3-13)11-6-1-10(18,4-14)9(17)8(16)7(6)15;/h5-9,11-18H,1-4H2;1H3/t6-,7-,8+,9-,10-;/m0./s1. The summed E-state index contributed by atoms with van der Waals surface area (Å²) in [4.78, 5) is 0. The van der Waals surface area contributed by atoms with E-state index in [4.69, 9.17) is 15.3 Å². The Balaban J connectivity index is 0.00000324. The Morgan fingerprint density at radius 1 is 1.05 bits per heavy atom. The maximum atomic E-state index is 9.93. The molecule has 9 heteroatoms. The van der Waals surface area contributed by atoms with Crippen molar-refractivity contribution in [3.63, 3.8) is 0 Å². The first-order valence-corrected chi connectivity index (χ1v) is 5.74. The van der Waals surface area contributed by atoms with Gasteiger partial charge in [-0.2, -0.15) is 0 Å². The Bertz CT molecular complexity index is 266. The van der Waals surface area contributed by atoms with Gasteiger partial charge in [0.25, 0.3) is 0 Å². The van der Waals surface area contributed by atoms with Crippen molar-refractivity contribution < 1.29 is 35.7 Å². The highest BCUT2D eigenvalue weighted by atomic mass is 16.4. The van der Waals surface area contributed by atoms with Crippen LogP contribution >= 0.6 is 0 Å². The minimum atomic E-state index is -1.94. The van der Waals surface area contributed by atoms with Crippen molar-refractivity contribution in [3.05, 3.63) is 0 Å². The van der Waals surface area contributed by atoms with E-state index in [1.54, 1.807) is 0 Å². The Morgan fingerprint density at radius 3 is 2.00 bits per heavy atom. The van der Waals surface area contributed by atoms with E-state index < -0.39 is 55.8 Å². The van der Waals surface area contributed by atoms with Crippen LogP contribution in [0.2, 0.25) is 0 Å². The second-order valence-electron chi connectivity index (χ2n) is 4.73. The second-order valence-corrected chi connectivity index (χ2v) is 4.73. The number of aliphatic hydroxyl groups excluding tert-OH is 6. The second kappa shape index (κ2) is 7.43. The third kappa shape index (κ3) is 3.81. The summed E-state index contributed by atoms with van der Waals surface area (Å²) < 4.78 is 0. The summed E-state index contributed by atoms with van der Waals surface area (Å²) in [6.45, 7) is -1.56. The van der Waals surface area contributed by atoms with Crippen molar-refractivity contribution in [1.82, 2.24) is 11.5 Å². The van der Waals surface area contributed by atoms with Crippen molar-refractivity contribution in [1.29, 1.82) is 0 Å². The summed E-state index contributed by atoms with van der Waals surface area (Å²) in [5.41, 5.74) is -1.94. The SMILES string of the molecule is N.OCC(CO)N[C@H]1C[C@](O)(CO)[C@@H](O)[C@H](O)[C@H]1O. The molecule has 11 N–H and O–H groups in total. The molecule has 0 aromatic rings. The van der Waals surface area contributed by atoms with Crippen LogP contribution in [0, 0.1) is 0 Å². The van der Waals surface area contributed by atoms with Gasteiger partial charge in [0.05, 0.1) is 32.0 Å². The Hall–Kier alpha value is -0.360. The van der Waals surface area contributed by atoms with Crippen molar-refractivity contribution in [2.45, 2.75) is 42.4 Å². The molecule has 9 nitrogen and oxygen atoms in total. The quantitative estimate of drug-likeness (QED) is 0.240. The minimum absolute atomic E-state index is 0. The van der Waals surface area contributed by atoms with Crippen molar-refractivity contribution >= 4 is 0 Å². The number of nitrogens with one attached hydrogen (secondary N) is 1. The average Bonchev–Trinajstić information content (AvgIpc) is 2.39. The monoisotopic (exact) mass is 284 g/mol. The van der Waals surface area contributed by atoms with Gasteiger partial charge in [0.15, 0.2) is 0 Å². The van der Waals surface area contributed by atoms with Gasteiger partial charge >= 0.3 is 0 Å². The summed E-state index contributed by atoms with van der Waals surface area (Å²) in [5.74, 6) is 0. The summed E-state index contributed by atoms with van der Waals surface area (Å²) in [5, 5.41) is 68.4. The maximum absolute atomic E-state index is 9.93. The van der Waals surface area contributed by atoms with E-state index in [9.17, 15) is 20.4 Å². The zero-order valence-corrected chi connectivity index (χ0v) is 10.6. The van der Waals surface area contributed by atoms with Crippen LogP contribution in [0.4, 0.5) is 0 Å². The molecular weight excluding hydrogens is 260 g/mol. The molecule has 1 saturated carbocycles. The summed E-state index contributed by atoms with van der Waals surface area (Å²) in [6, 6.07) is -1.60. The molecule has 1 rings (SSSR count). The molecule has 19 heavy (non-hydrogen) atoms. The van der Waals surface area contributed by atoms with Gasteiger partial charge in [0, 0.05) is 6.04 Å². The lowest BCUT2D eigenvalue weighted by Gasteiger charge is -2.46. The number of hydrogen-bond acceptors (Lipinski definition) is 9. The van der Waals surface area contributed by atoms with Crippen molar-refractivity contribution in [2.24, 2.45) is 0 Å². The molecule has 0 spiro atoms. The molecule has 0 aromatic carbocycles. The molecule has 5 atom stereocenters. The smallest absolute Gasteiger partial charge is 0.118 e. The van der Waals surface area contributed by atoms with E-state index in [0.29, 0.717) is 0 Å². The van der Waals surface area contributed by atoms with Crippen LogP contribution in [-0.4, -0.2) is 91.6 Å². The molecule has 0 bridgehead atoms. The van der Waals surface area contributed by atoms with Gasteiger partial charge in [-0.05, 0) is 6.42 Å². The first kappa shape index (κ1) is 18.6. The summed E-state index contributed by atoms with van der Waals surface area (Å²) >= 11 is 0. The van der Waals surface area contributed by atoms with Crippen LogP contribution < -0.4 is 11.5 Å². The molecule has 0 aromatic heterocycles. The lowest BCUT2D eigenvalue weighted by molar-refractivity contribution is -0.207. The maximum Gasteiger partial charge on any atom is 0.118 e. The lowest BCUT2D eigenvalue weighted by Crippen LogP contribution is -2.68. The average molecular weight is 284 g/mol. The first-order chi connectivity index (χ1) is 8.39. The van der Waals surface area contributed by atoms with Gasteiger partial charge in [-0.1, -0.05) is 0 Å².